The molecule has 0 aromatic carbocycles. The van der Waals surface area contributed by atoms with Crippen molar-refractivity contribution >= 4 is 0 Å². The van der Waals surface area contributed by atoms with E-state index in [1.807, 2.05) is 18.5 Å². The van der Waals surface area contributed by atoms with Crippen molar-refractivity contribution in [2.45, 2.75) is 6.54 Å². The van der Waals surface area contributed by atoms with Gasteiger partial charge in [0.15, 0.2) is 0 Å². The number of aromatic nitrogens is 1. The van der Waals surface area contributed by atoms with Gasteiger partial charge in [-0.05, 0) is 30.5 Å². The van der Waals surface area contributed by atoms with Crippen LogP contribution in [0, 0.1) is 11.8 Å². The number of hydrogen-bond acceptors (Lipinski definition) is 3. The van der Waals surface area contributed by atoms with E-state index in [-0.39, 0.29) is 0 Å². The van der Waals surface area contributed by atoms with Gasteiger partial charge in [0.1, 0.15) is 0 Å². The second kappa shape index (κ2) is 4.15. The third-order valence-corrected chi connectivity index (χ3v) is 3.87. The highest BCUT2D eigenvalue weighted by Crippen LogP contribution is 2.30. The van der Waals surface area contributed by atoms with E-state index in [2.05, 4.69) is 27.9 Å². The molecule has 1 aromatic heterocycles. The zero-order valence-corrected chi connectivity index (χ0v) is 9.84. The number of hydrogen-bond donors (Lipinski definition) is 0. The molecule has 0 N–H and O–H groups in total. The van der Waals surface area contributed by atoms with Gasteiger partial charge in [-0.1, -0.05) is 6.07 Å². The largest absolute Gasteiger partial charge is 0.306 e. The van der Waals surface area contributed by atoms with Gasteiger partial charge in [0.25, 0.3) is 0 Å². The standard InChI is InChI=1S/C13H19N3/c1-15-7-12-9-16(10-13(12)8-15)6-11-3-2-4-14-5-11/h2-5,12-13H,6-10H2,1H3. The Morgan fingerprint density at radius 1 is 1.25 bits per heavy atom. The monoisotopic (exact) mass is 217 g/mol. The van der Waals surface area contributed by atoms with Crippen LogP contribution in [0.4, 0.5) is 0 Å². The highest BCUT2D eigenvalue weighted by molar-refractivity contribution is 5.09. The first-order valence-electron chi connectivity index (χ1n) is 6.11. The van der Waals surface area contributed by atoms with Gasteiger partial charge in [-0.2, -0.15) is 0 Å². The molecule has 2 aliphatic rings. The summed E-state index contributed by atoms with van der Waals surface area (Å²) in [5, 5.41) is 0. The van der Waals surface area contributed by atoms with Crippen molar-refractivity contribution in [3.8, 4) is 0 Å². The first kappa shape index (κ1) is 10.2. The molecule has 0 amide bonds. The summed E-state index contributed by atoms with van der Waals surface area (Å²) in [7, 11) is 2.24. The van der Waals surface area contributed by atoms with Gasteiger partial charge in [-0.25, -0.2) is 0 Å². The molecule has 16 heavy (non-hydrogen) atoms. The van der Waals surface area contributed by atoms with Crippen molar-refractivity contribution in [1.29, 1.82) is 0 Å². The molecule has 3 heteroatoms. The molecule has 2 unspecified atom stereocenters. The Balaban J connectivity index is 1.60. The quantitative estimate of drug-likeness (QED) is 0.739. The summed E-state index contributed by atoms with van der Waals surface area (Å²) in [5.41, 5.74) is 1.34. The van der Waals surface area contributed by atoms with Gasteiger partial charge in [0.2, 0.25) is 0 Å². The van der Waals surface area contributed by atoms with Crippen molar-refractivity contribution in [3.05, 3.63) is 30.1 Å². The Morgan fingerprint density at radius 2 is 2.00 bits per heavy atom. The molecule has 0 aliphatic carbocycles. The molecule has 0 bridgehead atoms. The van der Waals surface area contributed by atoms with Crippen LogP contribution in [0.5, 0.6) is 0 Å². The maximum Gasteiger partial charge on any atom is 0.0312 e. The average Bonchev–Trinajstić information content (AvgIpc) is 2.76. The van der Waals surface area contributed by atoms with Crippen LogP contribution in [-0.4, -0.2) is 48.0 Å². The Labute approximate surface area is 97.1 Å². The Morgan fingerprint density at radius 3 is 2.62 bits per heavy atom. The first-order valence-corrected chi connectivity index (χ1v) is 6.11. The van der Waals surface area contributed by atoms with Gasteiger partial charge in [0.05, 0.1) is 0 Å². The zero-order chi connectivity index (χ0) is 11.0. The smallest absolute Gasteiger partial charge is 0.0312 e. The fourth-order valence-electron chi connectivity index (χ4n) is 3.20. The Bertz CT molecular complexity index is 337. The van der Waals surface area contributed by atoms with Gasteiger partial charge >= 0.3 is 0 Å². The highest BCUT2D eigenvalue weighted by Gasteiger charge is 2.38. The molecular weight excluding hydrogens is 198 g/mol. The van der Waals surface area contributed by atoms with Gasteiger partial charge in [0, 0.05) is 45.1 Å². The van der Waals surface area contributed by atoms with Crippen molar-refractivity contribution in [2.75, 3.05) is 33.2 Å². The summed E-state index contributed by atoms with van der Waals surface area (Å²) in [5.74, 6) is 1.81. The van der Waals surface area contributed by atoms with Crippen LogP contribution in [0.3, 0.4) is 0 Å². The molecule has 86 valence electrons. The summed E-state index contributed by atoms with van der Waals surface area (Å²) >= 11 is 0. The summed E-state index contributed by atoms with van der Waals surface area (Å²) in [6.45, 7) is 6.18. The summed E-state index contributed by atoms with van der Waals surface area (Å²) in [6.07, 6.45) is 3.83. The van der Waals surface area contributed by atoms with Gasteiger partial charge in [-0.15, -0.1) is 0 Å². The van der Waals surface area contributed by atoms with Crippen molar-refractivity contribution < 1.29 is 0 Å². The fraction of sp³-hybridized carbons (Fsp3) is 0.615. The number of rotatable bonds is 2. The van der Waals surface area contributed by atoms with E-state index >= 15 is 0 Å². The van der Waals surface area contributed by atoms with Crippen molar-refractivity contribution in [3.63, 3.8) is 0 Å². The van der Waals surface area contributed by atoms with Crippen LogP contribution >= 0.6 is 0 Å². The molecule has 2 atom stereocenters. The minimum atomic E-state index is 0.904. The molecule has 3 rings (SSSR count). The molecule has 3 nitrogen and oxygen atoms in total. The van der Waals surface area contributed by atoms with Crippen LogP contribution in [0.25, 0.3) is 0 Å². The van der Waals surface area contributed by atoms with Crippen LogP contribution in [0.15, 0.2) is 24.5 Å². The molecule has 0 spiro atoms. The lowest BCUT2D eigenvalue weighted by Crippen LogP contribution is -2.26. The third-order valence-electron chi connectivity index (χ3n) is 3.87. The third kappa shape index (κ3) is 1.97. The maximum absolute atomic E-state index is 4.18. The molecule has 3 heterocycles. The molecule has 0 radical (unpaired) electrons. The van der Waals surface area contributed by atoms with Crippen LogP contribution in [0.1, 0.15) is 5.56 Å². The van der Waals surface area contributed by atoms with E-state index in [0.29, 0.717) is 0 Å². The second-order valence-corrected chi connectivity index (χ2v) is 5.30. The molecule has 2 fully saturated rings. The Hall–Kier alpha value is -0.930. The lowest BCUT2D eigenvalue weighted by atomic mass is 10.0. The summed E-state index contributed by atoms with van der Waals surface area (Å²) in [4.78, 5) is 9.23. The predicted molar refractivity (Wildman–Crippen MR) is 64.0 cm³/mol. The fourth-order valence-corrected chi connectivity index (χ4v) is 3.20. The predicted octanol–water partition coefficient (Wildman–Crippen LogP) is 1.07. The molecule has 2 saturated heterocycles. The molecule has 2 aliphatic heterocycles. The number of fused-ring (bicyclic) bond motifs is 1. The molecule has 0 saturated carbocycles. The van der Waals surface area contributed by atoms with Crippen LogP contribution in [0.2, 0.25) is 0 Å². The lowest BCUT2D eigenvalue weighted by molar-refractivity contribution is 0.272. The second-order valence-electron chi connectivity index (χ2n) is 5.30. The number of likely N-dealkylation sites (tertiary alicyclic amines) is 2. The normalized spacial score (nSPS) is 30.8. The number of nitrogens with zero attached hydrogens (tertiary/aromatic N) is 3. The van der Waals surface area contributed by atoms with Gasteiger partial charge < -0.3 is 4.90 Å². The molecular formula is C13H19N3. The topological polar surface area (TPSA) is 19.4 Å². The lowest BCUT2D eigenvalue weighted by Gasteiger charge is -2.18. The summed E-state index contributed by atoms with van der Waals surface area (Å²) in [6, 6.07) is 4.20. The minimum absolute atomic E-state index is 0.904. The van der Waals surface area contributed by atoms with E-state index in [0.717, 1.165) is 18.4 Å². The maximum atomic E-state index is 4.18. The van der Waals surface area contributed by atoms with Gasteiger partial charge in [-0.3, -0.25) is 9.88 Å². The van der Waals surface area contributed by atoms with Crippen molar-refractivity contribution in [1.82, 2.24) is 14.8 Å². The van der Waals surface area contributed by atoms with E-state index in [1.165, 1.54) is 31.7 Å². The minimum Gasteiger partial charge on any atom is -0.306 e. The molecule has 1 aromatic rings. The van der Waals surface area contributed by atoms with E-state index in [9.17, 15) is 0 Å². The van der Waals surface area contributed by atoms with E-state index in [1.54, 1.807) is 0 Å². The SMILES string of the molecule is CN1CC2CN(Cc3cccnc3)CC2C1. The van der Waals surface area contributed by atoms with Crippen LogP contribution < -0.4 is 0 Å². The van der Waals surface area contributed by atoms with E-state index < -0.39 is 0 Å². The zero-order valence-electron chi connectivity index (χ0n) is 9.84. The highest BCUT2D eigenvalue weighted by atomic mass is 15.2. The van der Waals surface area contributed by atoms with Crippen LogP contribution in [-0.2, 0) is 6.54 Å². The van der Waals surface area contributed by atoms with E-state index in [4.69, 9.17) is 0 Å². The average molecular weight is 217 g/mol. The first-order chi connectivity index (χ1) is 7.81. The van der Waals surface area contributed by atoms with Crippen molar-refractivity contribution in [2.24, 2.45) is 11.8 Å². The Kier molecular flexibility index (Phi) is 2.65. The number of pyridine rings is 1. The summed E-state index contributed by atoms with van der Waals surface area (Å²) < 4.78 is 0.